The van der Waals surface area contributed by atoms with Gasteiger partial charge in [-0.15, -0.1) is 24.8 Å². The molecule has 0 aromatic heterocycles. The van der Waals surface area contributed by atoms with Crippen LogP contribution in [0.2, 0.25) is 0 Å². The Labute approximate surface area is 163 Å². The van der Waals surface area contributed by atoms with Gasteiger partial charge >= 0.3 is 0 Å². The highest BCUT2D eigenvalue weighted by Crippen LogP contribution is 2.27. The highest BCUT2D eigenvalue weighted by Gasteiger charge is 2.36. The molecule has 1 amide bonds. The third kappa shape index (κ3) is 5.58. The molecule has 2 aliphatic rings. The van der Waals surface area contributed by atoms with Crippen molar-refractivity contribution in [2.45, 2.75) is 38.8 Å². The van der Waals surface area contributed by atoms with Gasteiger partial charge in [0, 0.05) is 25.7 Å². The second kappa shape index (κ2) is 10.4. The van der Waals surface area contributed by atoms with E-state index in [0.717, 1.165) is 45.4 Å². The first-order valence-electron chi connectivity index (χ1n) is 8.94. The molecule has 3 rings (SSSR count). The van der Waals surface area contributed by atoms with Gasteiger partial charge in [0.15, 0.2) is 0 Å². The number of hydrogen-bond donors (Lipinski definition) is 1. The third-order valence-corrected chi connectivity index (χ3v) is 5.38. The number of halogens is 2. The lowest BCUT2D eigenvalue weighted by atomic mass is 9.95. The fourth-order valence-electron chi connectivity index (χ4n) is 4.10. The van der Waals surface area contributed by atoms with E-state index in [1.807, 2.05) is 0 Å². The Kier molecular flexibility index (Phi) is 9.22. The van der Waals surface area contributed by atoms with Crippen LogP contribution in [-0.2, 0) is 11.3 Å². The molecule has 0 aliphatic carbocycles. The summed E-state index contributed by atoms with van der Waals surface area (Å²) in [6.45, 7) is 6.65. The molecule has 142 valence electrons. The summed E-state index contributed by atoms with van der Waals surface area (Å²) in [5, 5.41) is 0. The molecule has 2 fully saturated rings. The first-order chi connectivity index (χ1) is 11.2. The number of carbonyl (C=O) groups excluding carboxylic acids is 1. The third-order valence-electron chi connectivity index (χ3n) is 5.38. The molecule has 3 atom stereocenters. The first-order valence-corrected chi connectivity index (χ1v) is 8.94. The minimum Gasteiger partial charge on any atom is -0.339 e. The molecule has 0 saturated carbocycles. The molecule has 4 nitrogen and oxygen atoms in total. The monoisotopic (exact) mass is 387 g/mol. The lowest BCUT2D eigenvalue weighted by Crippen LogP contribution is -2.45. The van der Waals surface area contributed by atoms with Crippen molar-refractivity contribution >= 4 is 30.7 Å². The number of nitrogens with zero attached hydrogens (tertiary/aromatic N) is 2. The number of amides is 1. The zero-order chi connectivity index (χ0) is 16.2. The Morgan fingerprint density at radius 1 is 1.20 bits per heavy atom. The molecule has 0 spiro atoms. The van der Waals surface area contributed by atoms with Crippen LogP contribution in [0, 0.1) is 11.8 Å². The summed E-state index contributed by atoms with van der Waals surface area (Å²) < 4.78 is 0. The molecule has 0 bridgehead atoms. The normalized spacial score (nSPS) is 26.6. The zero-order valence-electron chi connectivity index (χ0n) is 15.0. The van der Waals surface area contributed by atoms with Crippen molar-refractivity contribution in [2.75, 3.05) is 26.2 Å². The van der Waals surface area contributed by atoms with Gasteiger partial charge in [0.2, 0.25) is 5.91 Å². The van der Waals surface area contributed by atoms with Gasteiger partial charge < -0.3 is 10.6 Å². The van der Waals surface area contributed by atoms with Crippen molar-refractivity contribution in [3.8, 4) is 0 Å². The van der Waals surface area contributed by atoms with Crippen molar-refractivity contribution < 1.29 is 4.79 Å². The molecular weight excluding hydrogens is 357 g/mol. The summed E-state index contributed by atoms with van der Waals surface area (Å²) in [5.74, 6) is 0.996. The van der Waals surface area contributed by atoms with Gasteiger partial charge in [-0.2, -0.15) is 0 Å². The molecule has 6 heteroatoms. The zero-order valence-corrected chi connectivity index (χ0v) is 16.6. The van der Waals surface area contributed by atoms with Crippen molar-refractivity contribution in [3.05, 3.63) is 35.9 Å². The quantitative estimate of drug-likeness (QED) is 0.863. The van der Waals surface area contributed by atoms with Crippen molar-refractivity contribution in [2.24, 2.45) is 17.6 Å². The average molecular weight is 388 g/mol. The Balaban J connectivity index is 0.00000156. The Hall–Kier alpha value is -0.810. The van der Waals surface area contributed by atoms with Crippen LogP contribution in [0.25, 0.3) is 0 Å². The summed E-state index contributed by atoms with van der Waals surface area (Å²) in [6.07, 6.45) is 3.20. The van der Waals surface area contributed by atoms with Gasteiger partial charge in [-0.3, -0.25) is 9.69 Å². The van der Waals surface area contributed by atoms with E-state index in [0.29, 0.717) is 24.4 Å². The van der Waals surface area contributed by atoms with Crippen LogP contribution in [0.4, 0.5) is 0 Å². The maximum atomic E-state index is 12.9. The van der Waals surface area contributed by atoms with E-state index in [-0.39, 0.29) is 30.7 Å². The van der Waals surface area contributed by atoms with Gasteiger partial charge in [-0.25, -0.2) is 0 Å². The minimum absolute atomic E-state index is 0. The fraction of sp³-hybridized carbons (Fsp3) is 0.632. The number of rotatable bonds is 4. The lowest BCUT2D eigenvalue weighted by molar-refractivity contribution is -0.138. The summed E-state index contributed by atoms with van der Waals surface area (Å²) in [7, 11) is 0. The smallest absolute Gasteiger partial charge is 0.227 e. The van der Waals surface area contributed by atoms with E-state index in [1.165, 1.54) is 5.56 Å². The Bertz CT molecular complexity index is 529. The maximum absolute atomic E-state index is 12.9. The van der Waals surface area contributed by atoms with Crippen molar-refractivity contribution in [1.29, 1.82) is 0 Å². The van der Waals surface area contributed by atoms with Gasteiger partial charge in [0.1, 0.15) is 0 Å². The predicted octanol–water partition coefficient (Wildman–Crippen LogP) is 2.94. The summed E-state index contributed by atoms with van der Waals surface area (Å²) in [5.41, 5.74) is 7.13. The van der Waals surface area contributed by atoms with E-state index < -0.39 is 0 Å². The largest absolute Gasteiger partial charge is 0.339 e. The minimum atomic E-state index is 0. The van der Waals surface area contributed by atoms with E-state index in [1.54, 1.807) is 0 Å². The topological polar surface area (TPSA) is 49.6 Å². The van der Waals surface area contributed by atoms with Crippen LogP contribution in [-0.4, -0.2) is 47.9 Å². The Morgan fingerprint density at radius 2 is 1.92 bits per heavy atom. The lowest BCUT2D eigenvalue weighted by Gasteiger charge is -2.35. The molecule has 0 radical (unpaired) electrons. The van der Waals surface area contributed by atoms with E-state index in [9.17, 15) is 4.79 Å². The predicted molar refractivity (Wildman–Crippen MR) is 107 cm³/mol. The van der Waals surface area contributed by atoms with Gasteiger partial charge in [-0.1, -0.05) is 30.3 Å². The standard InChI is InChI=1S/C19H29N3O.2ClH/c1-15-10-17(11-20)13-22(15)19(23)18-8-5-9-21(14-18)12-16-6-3-2-4-7-16;;/h2-4,6-7,15,17-18H,5,8-14,20H2,1H3;2*1H. The first kappa shape index (κ1) is 22.2. The summed E-state index contributed by atoms with van der Waals surface area (Å²) in [6, 6.07) is 10.9. The maximum Gasteiger partial charge on any atom is 0.227 e. The molecule has 1 aromatic carbocycles. The van der Waals surface area contributed by atoms with Crippen molar-refractivity contribution in [1.82, 2.24) is 9.80 Å². The number of likely N-dealkylation sites (tertiary alicyclic amines) is 2. The van der Waals surface area contributed by atoms with Crippen LogP contribution >= 0.6 is 24.8 Å². The van der Waals surface area contributed by atoms with Gasteiger partial charge in [0.25, 0.3) is 0 Å². The summed E-state index contributed by atoms with van der Waals surface area (Å²) in [4.78, 5) is 17.5. The second-order valence-electron chi connectivity index (χ2n) is 7.24. The van der Waals surface area contributed by atoms with Crippen LogP contribution in [0.5, 0.6) is 0 Å². The average Bonchev–Trinajstić information content (AvgIpc) is 2.96. The highest BCUT2D eigenvalue weighted by molar-refractivity contribution is 5.85. The van der Waals surface area contributed by atoms with Crippen LogP contribution in [0.3, 0.4) is 0 Å². The van der Waals surface area contributed by atoms with E-state index >= 15 is 0 Å². The molecule has 2 saturated heterocycles. The SMILES string of the molecule is CC1CC(CN)CN1C(=O)C1CCCN(Cc2ccccc2)C1.Cl.Cl. The number of benzene rings is 1. The van der Waals surface area contributed by atoms with Crippen LogP contribution in [0.15, 0.2) is 30.3 Å². The molecule has 25 heavy (non-hydrogen) atoms. The molecule has 2 heterocycles. The molecule has 3 unspecified atom stereocenters. The van der Waals surface area contributed by atoms with E-state index in [4.69, 9.17) is 5.73 Å². The van der Waals surface area contributed by atoms with E-state index in [2.05, 4.69) is 47.1 Å². The number of nitrogens with two attached hydrogens (primary N) is 1. The highest BCUT2D eigenvalue weighted by atomic mass is 35.5. The molecule has 2 aliphatic heterocycles. The van der Waals surface area contributed by atoms with Gasteiger partial charge in [-0.05, 0) is 50.8 Å². The van der Waals surface area contributed by atoms with Gasteiger partial charge in [0.05, 0.1) is 5.92 Å². The molecular formula is C19H31Cl2N3O. The number of hydrogen-bond acceptors (Lipinski definition) is 3. The molecule has 1 aromatic rings. The number of piperidine rings is 1. The van der Waals surface area contributed by atoms with Crippen molar-refractivity contribution in [3.63, 3.8) is 0 Å². The fourth-order valence-corrected chi connectivity index (χ4v) is 4.10. The Morgan fingerprint density at radius 3 is 2.56 bits per heavy atom. The second-order valence-corrected chi connectivity index (χ2v) is 7.24. The van der Waals surface area contributed by atoms with Crippen LogP contribution in [0.1, 0.15) is 31.7 Å². The number of carbonyl (C=O) groups is 1. The van der Waals surface area contributed by atoms with Crippen LogP contribution < -0.4 is 5.73 Å². The summed E-state index contributed by atoms with van der Waals surface area (Å²) >= 11 is 0. The molecule has 2 N–H and O–H groups in total.